The van der Waals surface area contributed by atoms with Crippen LogP contribution in [0.1, 0.15) is 75.8 Å². The second-order valence-corrected chi connectivity index (χ2v) is 8.40. The van der Waals surface area contributed by atoms with Crippen LogP contribution in [-0.2, 0) is 9.59 Å². The van der Waals surface area contributed by atoms with Crippen LogP contribution in [0.5, 0.6) is 11.5 Å². The average Bonchev–Trinajstić information content (AvgIpc) is 2.76. The first-order valence-corrected chi connectivity index (χ1v) is 10.7. The average molecular weight is 449 g/mol. The number of benzene rings is 2. The van der Waals surface area contributed by atoms with E-state index in [0.717, 1.165) is 12.8 Å². The summed E-state index contributed by atoms with van der Waals surface area (Å²) in [5.41, 5.74) is -0.0227. The molecule has 1 saturated heterocycles. The molecule has 0 atom stereocenters. The van der Waals surface area contributed by atoms with Gasteiger partial charge in [-0.25, -0.2) is 0 Å². The van der Waals surface area contributed by atoms with Crippen LogP contribution in [0.2, 0.25) is 0 Å². The zero-order valence-electron chi connectivity index (χ0n) is 18.6. The van der Waals surface area contributed by atoms with Crippen LogP contribution in [0.25, 0.3) is 0 Å². The monoisotopic (exact) mass is 449 g/mol. The summed E-state index contributed by atoms with van der Waals surface area (Å²) in [6.45, 7) is 5.65. The van der Waals surface area contributed by atoms with Gasteiger partial charge in [-0.05, 0) is 37.0 Å². The Kier molecular flexibility index (Phi) is 5.84. The van der Waals surface area contributed by atoms with E-state index in [9.17, 15) is 24.0 Å². The van der Waals surface area contributed by atoms with Gasteiger partial charge in [-0.2, -0.15) is 0 Å². The van der Waals surface area contributed by atoms with Gasteiger partial charge in [-0.1, -0.05) is 19.1 Å². The number of hydrogen-bond donors (Lipinski definition) is 0. The zero-order chi connectivity index (χ0) is 23.9. The topological polar surface area (TPSA) is 107 Å². The molecule has 1 amide bonds. The van der Waals surface area contributed by atoms with Crippen LogP contribution in [0.3, 0.4) is 0 Å². The first kappa shape index (κ1) is 22.4. The van der Waals surface area contributed by atoms with E-state index in [0.29, 0.717) is 19.0 Å². The Bertz CT molecular complexity index is 1210. The fourth-order valence-electron chi connectivity index (χ4n) is 4.25. The fourth-order valence-corrected chi connectivity index (χ4v) is 4.25. The number of piperidine rings is 1. The Morgan fingerprint density at radius 1 is 0.848 bits per heavy atom. The number of ketones is 2. The summed E-state index contributed by atoms with van der Waals surface area (Å²) in [7, 11) is 0. The Hall–Kier alpha value is -3.81. The summed E-state index contributed by atoms with van der Waals surface area (Å²) in [6.07, 6.45) is 1.74. The van der Waals surface area contributed by atoms with Gasteiger partial charge in [-0.3, -0.25) is 24.0 Å². The molecule has 4 rings (SSSR count). The van der Waals surface area contributed by atoms with Crippen molar-refractivity contribution >= 4 is 29.4 Å². The third-order valence-electron chi connectivity index (χ3n) is 5.90. The molecule has 2 aromatic rings. The SMILES string of the molecule is CC(=O)Oc1cccc2c1C(=O)c1c(OC(C)=O)cc(C(=O)N3CCC(C)CC3)cc1C2=O. The number of fused-ring (bicyclic) bond motifs is 2. The third kappa shape index (κ3) is 4.16. The predicted molar refractivity (Wildman–Crippen MR) is 117 cm³/mol. The van der Waals surface area contributed by atoms with E-state index in [1.807, 2.05) is 0 Å². The number of ether oxygens (including phenoxy) is 2. The molecule has 0 radical (unpaired) electrons. The van der Waals surface area contributed by atoms with Gasteiger partial charge in [0.15, 0.2) is 5.78 Å². The molecule has 1 aliphatic carbocycles. The van der Waals surface area contributed by atoms with E-state index in [4.69, 9.17) is 9.47 Å². The van der Waals surface area contributed by atoms with Crippen LogP contribution in [0, 0.1) is 5.92 Å². The smallest absolute Gasteiger partial charge is 0.308 e. The summed E-state index contributed by atoms with van der Waals surface area (Å²) in [5, 5.41) is 0. The molecule has 0 bridgehead atoms. The highest BCUT2D eigenvalue weighted by Crippen LogP contribution is 2.38. The summed E-state index contributed by atoms with van der Waals surface area (Å²) >= 11 is 0. The second kappa shape index (κ2) is 8.61. The van der Waals surface area contributed by atoms with Crippen LogP contribution in [-0.4, -0.2) is 47.4 Å². The van der Waals surface area contributed by atoms with Crippen LogP contribution in [0.4, 0.5) is 0 Å². The molecule has 8 heteroatoms. The van der Waals surface area contributed by atoms with E-state index in [2.05, 4.69) is 6.92 Å². The van der Waals surface area contributed by atoms with Gasteiger partial charge in [0.2, 0.25) is 5.78 Å². The number of nitrogens with zero attached hydrogens (tertiary/aromatic N) is 1. The van der Waals surface area contributed by atoms with Crippen LogP contribution in [0.15, 0.2) is 30.3 Å². The quantitative estimate of drug-likeness (QED) is 0.446. The first-order chi connectivity index (χ1) is 15.7. The van der Waals surface area contributed by atoms with Crippen molar-refractivity contribution in [3.8, 4) is 11.5 Å². The lowest BCUT2D eigenvalue weighted by atomic mass is 9.82. The molecule has 0 spiro atoms. The largest absolute Gasteiger partial charge is 0.426 e. The van der Waals surface area contributed by atoms with Crippen molar-refractivity contribution in [1.29, 1.82) is 0 Å². The number of carbonyl (C=O) groups is 5. The molecule has 8 nitrogen and oxygen atoms in total. The summed E-state index contributed by atoms with van der Waals surface area (Å²) in [6, 6.07) is 7.08. The second-order valence-electron chi connectivity index (χ2n) is 8.40. The maximum Gasteiger partial charge on any atom is 0.308 e. The molecule has 0 unspecified atom stereocenters. The van der Waals surface area contributed by atoms with E-state index in [1.54, 1.807) is 4.90 Å². The number of likely N-dealkylation sites (tertiary alicyclic amines) is 1. The number of hydrogen-bond acceptors (Lipinski definition) is 7. The molecule has 0 aromatic heterocycles. The van der Waals surface area contributed by atoms with Gasteiger partial charge in [0.1, 0.15) is 11.5 Å². The third-order valence-corrected chi connectivity index (χ3v) is 5.90. The number of esters is 2. The molecule has 0 N–H and O–H groups in total. The predicted octanol–water partition coefficient (Wildman–Crippen LogP) is 3.18. The molecule has 33 heavy (non-hydrogen) atoms. The maximum atomic E-state index is 13.4. The molecule has 1 fully saturated rings. The van der Waals surface area contributed by atoms with Crippen molar-refractivity contribution in [2.24, 2.45) is 5.92 Å². The highest BCUT2D eigenvalue weighted by molar-refractivity contribution is 6.31. The molecule has 2 aromatic carbocycles. The Morgan fingerprint density at radius 3 is 2.09 bits per heavy atom. The van der Waals surface area contributed by atoms with Crippen molar-refractivity contribution in [1.82, 2.24) is 4.90 Å². The van der Waals surface area contributed by atoms with Crippen molar-refractivity contribution in [2.45, 2.75) is 33.6 Å². The van der Waals surface area contributed by atoms with E-state index < -0.39 is 23.5 Å². The van der Waals surface area contributed by atoms with Crippen molar-refractivity contribution < 1.29 is 33.4 Å². The summed E-state index contributed by atoms with van der Waals surface area (Å²) < 4.78 is 10.4. The van der Waals surface area contributed by atoms with Crippen LogP contribution < -0.4 is 9.47 Å². The minimum Gasteiger partial charge on any atom is -0.426 e. The normalized spacial score (nSPS) is 15.5. The number of amides is 1. The minimum atomic E-state index is -0.701. The van der Waals surface area contributed by atoms with Gasteiger partial charge in [-0.15, -0.1) is 0 Å². The lowest BCUT2D eigenvalue weighted by Gasteiger charge is -2.31. The summed E-state index contributed by atoms with van der Waals surface area (Å²) in [4.78, 5) is 65.0. The molecule has 2 aliphatic rings. The van der Waals surface area contributed by atoms with Crippen molar-refractivity contribution in [3.63, 3.8) is 0 Å². The minimum absolute atomic E-state index is 0.0278. The van der Waals surface area contributed by atoms with E-state index >= 15 is 0 Å². The zero-order valence-corrected chi connectivity index (χ0v) is 18.6. The van der Waals surface area contributed by atoms with Crippen LogP contribution >= 0.6 is 0 Å². The van der Waals surface area contributed by atoms with Crippen molar-refractivity contribution in [2.75, 3.05) is 13.1 Å². The molecule has 0 saturated carbocycles. The standard InChI is InChI=1S/C25H23NO7/c1-13-7-9-26(10-8-13)25(31)16-11-18-22(20(12-16)33-15(3)28)24(30)21-17(23(18)29)5-4-6-19(21)32-14(2)27/h4-6,11-13H,7-10H2,1-3H3. The fraction of sp³-hybridized carbons (Fsp3) is 0.320. The van der Waals surface area contributed by atoms with E-state index in [-0.39, 0.29) is 45.2 Å². The lowest BCUT2D eigenvalue weighted by molar-refractivity contribution is -0.132. The molecule has 1 aliphatic heterocycles. The van der Waals surface area contributed by atoms with Crippen molar-refractivity contribution in [3.05, 3.63) is 58.1 Å². The molecular formula is C25H23NO7. The molecule has 1 heterocycles. The van der Waals surface area contributed by atoms with E-state index in [1.165, 1.54) is 44.2 Å². The van der Waals surface area contributed by atoms with Gasteiger partial charge < -0.3 is 14.4 Å². The number of carbonyl (C=O) groups excluding carboxylic acids is 5. The summed E-state index contributed by atoms with van der Waals surface area (Å²) in [5.74, 6) is -2.49. The highest BCUT2D eigenvalue weighted by atomic mass is 16.5. The Balaban J connectivity index is 1.84. The maximum absolute atomic E-state index is 13.4. The first-order valence-electron chi connectivity index (χ1n) is 10.7. The number of rotatable bonds is 3. The molecule has 170 valence electrons. The van der Waals surface area contributed by atoms with Gasteiger partial charge >= 0.3 is 11.9 Å². The molecular weight excluding hydrogens is 426 g/mol. The van der Waals surface area contributed by atoms with Gasteiger partial charge in [0, 0.05) is 43.6 Å². The van der Waals surface area contributed by atoms with Gasteiger partial charge in [0.25, 0.3) is 5.91 Å². The Labute approximate surface area is 190 Å². The van der Waals surface area contributed by atoms with Gasteiger partial charge in [0.05, 0.1) is 11.1 Å². The Morgan fingerprint density at radius 2 is 1.45 bits per heavy atom. The highest BCUT2D eigenvalue weighted by Gasteiger charge is 2.37. The lowest BCUT2D eigenvalue weighted by Crippen LogP contribution is -2.38.